The van der Waals surface area contributed by atoms with E-state index in [1.807, 2.05) is 71.0 Å². The first-order chi connectivity index (χ1) is 15.7. The van der Waals surface area contributed by atoms with E-state index in [0.29, 0.717) is 25.8 Å². The maximum absolute atomic E-state index is 13.6. The SMILES string of the molecule is CC[C@@H](C(=O)NC(C)(C)C)N(Cc1cccc(C)c1)C(=O)CCc1cccc2ccccc12. The monoisotopic (exact) mass is 444 g/mol. The van der Waals surface area contributed by atoms with Gasteiger partial charge in [-0.1, -0.05) is 79.2 Å². The summed E-state index contributed by atoms with van der Waals surface area (Å²) in [6, 6.07) is 22.1. The third-order valence-corrected chi connectivity index (χ3v) is 5.81. The Hall–Kier alpha value is -3.14. The van der Waals surface area contributed by atoms with Crippen molar-refractivity contribution in [1.29, 1.82) is 0 Å². The van der Waals surface area contributed by atoms with Gasteiger partial charge in [-0.25, -0.2) is 0 Å². The molecule has 0 bridgehead atoms. The standard InChI is InChI=1S/C29H36N2O2/c1-6-26(28(33)30-29(3,4)5)31(20-22-12-9-11-21(2)19-22)27(32)18-17-24-15-10-14-23-13-7-8-16-25(23)24/h7-16,19,26H,6,17-18,20H2,1-5H3,(H,30,33)/t26-/m0/s1. The van der Waals surface area contributed by atoms with Crippen LogP contribution in [0.4, 0.5) is 0 Å². The Bertz CT molecular complexity index is 1110. The average Bonchev–Trinajstić information content (AvgIpc) is 2.76. The van der Waals surface area contributed by atoms with Crippen molar-refractivity contribution < 1.29 is 9.59 Å². The number of nitrogens with one attached hydrogen (secondary N) is 1. The average molecular weight is 445 g/mol. The lowest BCUT2D eigenvalue weighted by Gasteiger charge is -2.33. The molecule has 0 aliphatic rings. The second-order valence-corrected chi connectivity index (χ2v) is 9.81. The van der Waals surface area contributed by atoms with E-state index < -0.39 is 6.04 Å². The summed E-state index contributed by atoms with van der Waals surface area (Å²) in [7, 11) is 0. The number of benzene rings is 3. The van der Waals surface area contributed by atoms with E-state index >= 15 is 0 Å². The third-order valence-electron chi connectivity index (χ3n) is 5.81. The molecule has 0 saturated carbocycles. The van der Waals surface area contributed by atoms with Gasteiger partial charge in [0.25, 0.3) is 0 Å². The molecule has 174 valence electrons. The number of hydrogen-bond donors (Lipinski definition) is 1. The van der Waals surface area contributed by atoms with Crippen LogP contribution in [0, 0.1) is 6.92 Å². The summed E-state index contributed by atoms with van der Waals surface area (Å²) < 4.78 is 0. The van der Waals surface area contributed by atoms with Crippen molar-refractivity contribution in [1.82, 2.24) is 10.2 Å². The van der Waals surface area contributed by atoms with Crippen LogP contribution in [0.15, 0.2) is 66.7 Å². The number of fused-ring (bicyclic) bond motifs is 1. The predicted molar refractivity (Wildman–Crippen MR) is 136 cm³/mol. The van der Waals surface area contributed by atoms with Gasteiger partial charge < -0.3 is 10.2 Å². The maximum atomic E-state index is 13.6. The zero-order valence-electron chi connectivity index (χ0n) is 20.5. The molecule has 3 rings (SSSR count). The van der Waals surface area contributed by atoms with Gasteiger partial charge in [-0.05, 0) is 62.4 Å². The molecule has 0 spiro atoms. The number of carbonyl (C=O) groups excluding carboxylic acids is 2. The molecule has 1 N–H and O–H groups in total. The first-order valence-electron chi connectivity index (χ1n) is 11.8. The van der Waals surface area contributed by atoms with Crippen LogP contribution in [0.5, 0.6) is 0 Å². The molecule has 4 heteroatoms. The summed E-state index contributed by atoms with van der Waals surface area (Å²) >= 11 is 0. The fourth-order valence-corrected chi connectivity index (χ4v) is 4.28. The van der Waals surface area contributed by atoms with Crippen LogP contribution in [-0.2, 0) is 22.6 Å². The Labute approximate surface area is 198 Å². The van der Waals surface area contributed by atoms with Crippen molar-refractivity contribution in [2.45, 2.75) is 72.0 Å². The van der Waals surface area contributed by atoms with Crippen molar-refractivity contribution in [3.63, 3.8) is 0 Å². The van der Waals surface area contributed by atoms with Crippen molar-refractivity contribution in [2.24, 2.45) is 0 Å². The van der Waals surface area contributed by atoms with E-state index in [2.05, 4.69) is 35.6 Å². The lowest BCUT2D eigenvalue weighted by Crippen LogP contribution is -2.53. The van der Waals surface area contributed by atoms with Gasteiger partial charge in [0, 0.05) is 18.5 Å². The molecule has 0 heterocycles. The highest BCUT2D eigenvalue weighted by atomic mass is 16.2. The second-order valence-electron chi connectivity index (χ2n) is 9.81. The van der Waals surface area contributed by atoms with Crippen LogP contribution in [0.3, 0.4) is 0 Å². The van der Waals surface area contributed by atoms with E-state index in [0.717, 1.165) is 16.7 Å². The first-order valence-corrected chi connectivity index (χ1v) is 11.8. The zero-order valence-corrected chi connectivity index (χ0v) is 20.5. The molecule has 3 aromatic rings. The molecule has 0 unspecified atom stereocenters. The minimum absolute atomic E-state index is 0.000324. The quantitative estimate of drug-likeness (QED) is 0.477. The van der Waals surface area contributed by atoms with E-state index in [4.69, 9.17) is 0 Å². The Morgan fingerprint density at radius 3 is 2.36 bits per heavy atom. The normalized spacial score (nSPS) is 12.4. The Morgan fingerprint density at radius 2 is 1.67 bits per heavy atom. The molecule has 0 radical (unpaired) electrons. The van der Waals surface area contributed by atoms with E-state index in [1.165, 1.54) is 10.8 Å². The highest BCUT2D eigenvalue weighted by Crippen LogP contribution is 2.21. The number of amides is 2. The number of carbonyl (C=O) groups is 2. The molecule has 0 aromatic heterocycles. The van der Waals surface area contributed by atoms with Gasteiger partial charge in [0.1, 0.15) is 6.04 Å². The molecule has 0 fully saturated rings. The highest BCUT2D eigenvalue weighted by molar-refractivity contribution is 5.89. The zero-order chi connectivity index (χ0) is 24.0. The van der Waals surface area contributed by atoms with Crippen LogP contribution < -0.4 is 5.32 Å². The minimum Gasteiger partial charge on any atom is -0.350 e. The van der Waals surface area contributed by atoms with Gasteiger partial charge in [-0.15, -0.1) is 0 Å². The van der Waals surface area contributed by atoms with Crippen LogP contribution in [0.25, 0.3) is 10.8 Å². The molecule has 1 atom stereocenters. The molecule has 3 aromatic carbocycles. The Balaban J connectivity index is 1.85. The smallest absolute Gasteiger partial charge is 0.243 e. The van der Waals surface area contributed by atoms with Crippen molar-refractivity contribution in [3.8, 4) is 0 Å². The van der Waals surface area contributed by atoms with E-state index in [9.17, 15) is 9.59 Å². The van der Waals surface area contributed by atoms with E-state index in [1.54, 1.807) is 4.90 Å². The van der Waals surface area contributed by atoms with Crippen LogP contribution in [-0.4, -0.2) is 28.3 Å². The molecular formula is C29H36N2O2. The Morgan fingerprint density at radius 1 is 0.970 bits per heavy atom. The van der Waals surface area contributed by atoms with Crippen molar-refractivity contribution in [2.75, 3.05) is 0 Å². The molecule has 0 saturated heterocycles. The molecule has 33 heavy (non-hydrogen) atoms. The summed E-state index contributed by atoms with van der Waals surface area (Å²) in [6.07, 6.45) is 1.56. The van der Waals surface area contributed by atoms with Crippen molar-refractivity contribution >= 4 is 22.6 Å². The third kappa shape index (κ3) is 6.67. The summed E-state index contributed by atoms with van der Waals surface area (Å²) in [5, 5.41) is 5.42. The van der Waals surface area contributed by atoms with Crippen molar-refractivity contribution in [3.05, 3.63) is 83.4 Å². The molecule has 4 nitrogen and oxygen atoms in total. The van der Waals surface area contributed by atoms with Gasteiger partial charge in [0.15, 0.2) is 0 Å². The largest absolute Gasteiger partial charge is 0.350 e. The van der Waals surface area contributed by atoms with Gasteiger partial charge in [0.05, 0.1) is 0 Å². The topological polar surface area (TPSA) is 49.4 Å². The van der Waals surface area contributed by atoms with Crippen LogP contribution in [0.1, 0.15) is 57.2 Å². The summed E-state index contributed by atoms with van der Waals surface area (Å²) in [5.41, 5.74) is 2.98. The molecule has 2 amide bonds. The second kappa shape index (κ2) is 10.7. The lowest BCUT2D eigenvalue weighted by atomic mass is 10.00. The van der Waals surface area contributed by atoms with Gasteiger partial charge >= 0.3 is 0 Å². The van der Waals surface area contributed by atoms with Crippen LogP contribution >= 0.6 is 0 Å². The van der Waals surface area contributed by atoms with E-state index in [-0.39, 0.29) is 17.4 Å². The first kappa shape index (κ1) is 24.5. The summed E-state index contributed by atoms with van der Waals surface area (Å²) in [6.45, 7) is 10.3. The summed E-state index contributed by atoms with van der Waals surface area (Å²) in [4.78, 5) is 28.5. The molecule has 0 aliphatic carbocycles. The fraction of sp³-hybridized carbons (Fsp3) is 0.379. The number of nitrogens with zero attached hydrogens (tertiary/aromatic N) is 1. The maximum Gasteiger partial charge on any atom is 0.243 e. The van der Waals surface area contributed by atoms with Gasteiger partial charge in [-0.2, -0.15) is 0 Å². The Kier molecular flexibility index (Phi) is 7.91. The summed E-state index contributed by atoms with van der Waals surface area (Å²) in [5.74, 6) is -0.100. The molecular weight excluding hydrogens is 408 g/mol. The highest BCUT2D eigenvalue weighted by Gasteiger charge is 2.30. The fourth-order valence-electron chi connectivity index (χ4n) is 4.28. The molecule has 0 aliphatic heterocycles. The lowest BCUT2D eigenvalue weighted by molar-refractivity contribution is -0.142. The number of aryl methyl sites for hydroxylation is 2. The van der Waals surface area contributed by atoms with Gasteiger partial charge in [0.2, 0.25) is 11.8 Å². The number of rotatable bonds is 8. The number of hydrogen-bond acceptors (Lipinski definition) is 2. The minimum atomic E-state index is -0.509. The van der Waals surface area contributed by atoms with Crippen LogP contribution in [0.2, 0.25) is 0 Å². The predicted octanol–water partition coefficient (Wildman–Crippen LogP) is 5.80. The van der Waals surface area contributed by atoms with Gasteiger partial charge in [-0.3, -0.25) is 9.59 Å².